The topological polar surface area (TPSA) is 75.7 Å². The molecule has 144 valence electrons. The molecule has 0 aromatic heterocycles. The predicted octanol–water partition coefficient (Wildman–Crippen LogP) is 3.02. The van der Waals surface area contributed by atoms with Crippen molar-refractivity contribution in [1.29, 1.82) is 0 Å². The van der Waals surface area contributed by atoms with Crippen LogP contribution in [0.15, 0.2) is 48.5 Å². The maximum absolute atomic E-state index is 13.2. The van der Waals surface area contributed by atoms with Gasteiger partial charge in [0.05, 0.1) is 11.9 Å². The number of benzene rings is 2. The third kappa shape index (κ3) is 4.84. The zero-order valence-corrected chi connectivity index (χ0v) is 15.7. The van der Waals surface area contributed by atoms with Crippen molar-refractivity contribution in [2.45, 2.75) is 18.9 Å². The van der Waals surface area contributed by atoms with Crippen LogP contribution >= 0.6 is 0 Å². The van der Waals surface area contributed by atoms with Gasteiger partial charge in [0.2, 0.25) is 10.0 Å². The summed E-state index contributed by atoms with van der Waals surface area (Å²) in [5, 5.41) is 2.68. The second kappa shape index (κ2) is 8.06. The van der Waals surface area contributed by atoms with Crippen LogP contribution in [-0.2, 0) is 14.8 Å². The van der Waals surface area contributed by atoms with Crippen LogP contribution in [0.4, 0.5) is 15.8 Å². The lowest BCUT2D eigenvalue weighted by atomic mass is 10.1. The minimum Gasteiger partial charge on any atom is -0.381 e. The van der Waals surface area contributed by atoms with Gasteiger partial charge in [0, 0.05) is 30.5 Å². The molecule has 0 bridgehead atoms. The van der Waals surface area contributed by atoms with E-state index in [1.165, 1.54) is 28.8 Å². The molecule has 0 unspecified atom stereocenters. The minimum atomic E-state index is -3.45. The largest absolute Gasteiger partial charge is 0.381 e. The smallest absolute Gasteiger partial charge is 0.255 e. The molecule has 0 radical (unpaired) electrons. The molecule has 1 aliphatic rings. The third-order valence-electron chi connectivity index (χ3n) is 4.35. The average molecular weight is 392 g/mol. The van der Waals surface area contributed by atoms with Gasteiger partial charge in [-0.1, -0.05) is 6.07 Å². The molecule has 27 heavy (non-hydrogen) atoms. The van der Waals surface area contributed by atoms with Crippen molar-refractivity contribution in [3.63, 3.8) is 0 Å². The van der Waals surface area contributed by atoms with Gasteiger partial charge in [-0.3, -0.25) is 9.10 Å². The summed E-state index contributed by atoms with van der Waals surface area (Å²) in [7, 11) is -3.45. The maximum Gasteiger partial charge on any atom is 0.255 e. The first-order chi connectivity index (χ1) is 12.8. The first-order valence-electron chi connectivity index (χ1n) is 8.59. The standard InChI is InChI=1S/C19H21FN2O4S/c1-27(24,25)22(18-9-11-26-12-10-18)17-7-5-16(6-8-17)21-19(23)14-3-2-4-15(20)13-14/h2-8,13,18H,9-12H2,1H3,(H,21,23). The van der Waals surface area contributed by atoms with Crippen molar-refractivity contribution in [3.05, 3.63) is 59.9 Å². The van der Waals surface area contributed by atoms with E-state index >= 15 is 0 Å². The average Bonchev–Trinajstić information content (AvgIpc) is 2.63. The van der Waals surface area contributed by atoms with Crippen molar-refractivity contribution in [3.8, 4) is 0 Å². The molecule has 1 amide bonds. The third-order valence-corrected chi connectivity index (χ3v) is 5.57. The number of hydrogen-bond donors (Lipinski definition) is 1. The van der Waals surface area contributed by atoms with Gasteiger partial charge in [0.15, 0.2) is 0 Å². The van der Waals surface area contributed by atoms with Crippen LogP contribution in [-0.4, -0.2) is 39.8 Å². The Hall–Kier alpha value is -2.45. The van der Waals surface area contributed by atoms with Crippen molar-refractivity contribution in [1.82, 2.24) is 0 Å². The molecule has 1 saturated heterocycles. The normalized spacial score (nSPS) is 15.3. The number of nitrogens with one attached hydrogen (secondary N) is 1. The molecule has 1 heterocycles. The number of carbonyl (C=O) groups excluding carboxylic acids is 1. The summed E-state index contributed by atoms with van der Waals surface area (Å²) >= 11 is 0. The van der Waals surface area contributed by atoms with E-state index in [4.69, 9.17) is 4.74 Å². The number of amides is 1. The molecule has 8 heteroatoms. The van der Waals surface area contributed by atoms with E-state index < -0.39 is 21.7 Å². The van der Waals surface area contributed by atoms with Gasteiger partial charge >= 0.3 is 0 Å². The number of hydrogen-bond acceptors (Lipinski definition) is 4. The fraction of sp³-hybridized carbons (Fsp3) is 0.316. The lowest BCUT2D eigenvalue weighted by Crippen LogP contribution is -2.43. The van der Waals surface area contributed by atoms with E-state index in [0.717, 1.165) is 6.07 Å². The molecule has 0 aliphatic carbocycles. The zero-order chi connectivity index (χ0) is 19.4. The summed E-state index contributed by atoms with van der Waals surface area (Å²) in [4.78, 5) is 12.2. The van der Waals surface area contributed by atoms with Crippen molar-refractivity contribution < 1.29 is 22.3 Å². The SMILES string of the molecule is CS(=O)(=O)N(c1ccc(NC(=O)c2cccc(F)c2)cc1)C1CCOCC1. The van der Waals surface area contributed by atoms with Crippen LogP contribution < -0.4 is 9.62 Å². The highest BCUT2D eigenvalue weighted by molar-refractivity contribution is 7.92. The highest BCUT2D eigenvalue weighted by Gasteiger charge is 2.28. The summed E-state index contributed by atoms with van der Waals surface area (Å²) in [6.45, 7) is 1.05. The van der Waals surface area contributed by atoms with Crippen LogP contribution in [0.25, 0.3) is 0 Å². The Morgan fingerprint density at radius 2 is 1.81 bits per heavy atom. The summed E-state index contributed by atoms with van der Waals surface area (Å²) < 4.78 is 44.6. The Kier molecular flexibility index (Phi) is 5.76. The summed E-state index contributed by atoms with van der Waals surface area (Å²) in [5.41, 5.74) is 1.24. The van der Waals surface area contributed by atoms with Gasteiger partial charge in [0.1, 0.15) is 5.82 Å². The molecule has 3 rings (SSSR count). The highest BCUT2D eigenvalue weighted by atomic mass is 32.2. The number of halogens is 1. The molecular weight excluding hydrogens is 371 g/mol. The molecule has 6 nitrogen and oxygen atoms in total. The molecule has 1 aliphatic heterocycles. The molecule has 0 atom stereocenters. The summed E-state index contributed by atoms with van der Waals surface area (Å²) in [6.07, 6.45) is 2.44. The van der Waals surface area contributed by atoms with E-state index in [1.807, 2.05) is 0 Å². The molecule has 2 aromatic rings. The van der Waals surface area contributed by atoms with Gasteiger partial charge in [-0.15, -0.1) is 0 Å². The Bertz CT molecular complexity index is 910. The molecule has 1 N–H and O–H groups in total. The molecule has 0 spiro atoms. The second-order valence-corrected chi connectivity index (χ2v) is 8.27. The van der Waals surface area contributed by atoms with Crippen LogP contribution in [0, 0.1) is 5.82 Å². The van der Waals surface area contributed by atoms with Gasteiger partial charge < -0.3 is 10.1 Å². The monoisotopic (exact) mass is 392 g/mol. The second-order valence-electron chi connectivity index (χ2n) is 6.41. The van der Waals surface area contributed by atoms with Crippen LogP contribution in [0.1, 0.15) is 23.2 Å². The highest BCUT2D eigenvalue weighted by Crippen LogP contribution is 2.27. The van der Waals surface area contributed by atoms with Gasteiger partial charge in [-0.25, -0.2) is 12.8 Å². The maximum atomic E-state index is 13.2. The number of sulfonamides is 1. The van der Waals surface area contributed by atoms with Crippen LogP contribution in [0.5, 0.6) is 0 Å². The first-order valence-corrected chi connectivity index (χ1v) is 10.4. The van der Waals surface area contributed by atoms with Crippen molar-refractivity contribution >= 4 is 27.3 Å². The fourth-order valence-electron chi connectivity index (χ4n) is 3.12. The predicted molar refractivity (Wildman–Crippen MR) is 102 cm³/mol. The number of rotatable bonds is 5. The Morgan fingerprint density at radius 1 is 1.15 bits per heavy atom. The van der Waals surface area contributed by atoms with Crippen molar-refractivity contribution in [2.75, 3.05) is 29.1 Å². The van der Waals surface area contributed by atoms with Gasteiger partial charge in [-0.05, 0) is 55.3 Å². The molecular formula is C19H21FN2O4S. The number of ether oxygens (including phenoxy) is 1. The van der Waals surface area contributed by atoms with E-state index in [9.17, 15) is 17.6 Å². The van der Waals surface area contributed by atoms with E-state index in [-0.39, 0.29) is 11.6 Å². The Labute approximate surface area is 158 Å². The number of carbonyl (C=O) groups is 1. The van der Waals surface area contributed by atoms with E-state index in [2.05, 4.69) is 5.32 Å². The van der Waals surface area contributed by atoms with Crippen molar-refractivity contribution in [2.24, 2.45) is 0 Å². The van der Waals surface area contributed by atoms with Gasteiger partial charge in [0.25, 0.3) is 5.91 Å². The van der Waals surface area contributed by atoms with Crippen LogP contribution in [0.3, 0.4) is 0 Å². The van der Waals surface area contributed by atoms with Gasteiger partial charge in [-0.2, -0.15) is 0 Å². The fourth-order valence-corrected chi connectivity index (χ4v) is 4.37. The summed E-state index contributed by atoms with van der Waals surface area (Å²) in [6, 6.07) is 11.8. The number of nitrogens with zero attached hydrogens (tertiary/aromatic N) is 1. The zero-order valence-electron chi connectivity index (χ0n) is 14.9. The minimum absolute atomic E-state index is 0.151. The Balaban J connectivity index is 1.77. The quantitative estimate of drug-likeness (QED) is 0.849. The van der Waals surface area contributed by atoms with Crippen LogP contribution in [0.2, 0.25) is 0 Å². The Morgan fingerprint density at radius 3 is 2.41 bits per heavy atom. The molecule has 2 aromatic carbocycles. The van der Waals surface area contributed by atoms with E-state index in [0.29, 0.717) is 37.4 Å². The lowest BCUT2D eigenvalue weighted by molar-refractivity contribution is 0.0875. The number of anilines is 2. The first kappa shape index (κ1) is 19.3. The summed E-state index contributed by atoms with van der Waals surface area (Å²) in [5.74, 6) is -0.926. The lowest BCUT2D eigenvalue weighted by Gasteiger charge is -2.34. The molecule has 0 saturated carbocycles. The van der Waals surface area contributed by atoms with E-state index in [1.54, 1.807) is 24.3 Å². The molecule has 1 fully saturated rings.